The second-order valence-electron chi connectivity index (χ2n) is 7.37. The standard InChI is InChI=1S/C20H24N6O2/c1-12(2)23-15-6-7-26(11-15)20-22-9-17(24-25-20)16-5-4-14(8-18(16)27)19-10-21-13(3)28-19/h4-5,8-10,12,15,23,27H,6-7,11H2,1-3H3. The summed E-state index contributed by atoms with van der Waals surface area (Å²) in [6, 6.07) is 6.17. The first kappa shape index (κ1) is 18.4. The number of benzene rings is 1. The molecular weight excluding hydrogens is 356 g/mol. The molecule has 2 aromatic heterocycles. The highest BCUT2D eigenvalue weighted by Crippen LogP contribution is 2.32. The Kier molecular flexibility index (Phi) is 4.95. The Labute approximate surface area is 163 Å². The lowest BCUT2D eigenvalue weighted by Crippen LogP contribution is -2.37. The van der Waals surface area contributed by atoms with Crippen molar-refractivity contribution >= 4 is 5.95 Å². The van der Waals surface area contributed by atoms with Gasteiger partial charge in [-0.25, -0.2) is 9.97 Å². The Hall–Kier alpha value is -3.00. The third kappa shape index (κ3) is 3.82. The highest BCUT2D eigenvalue weighted by molar-refractivity contribution is 5.71. The smallest absolute Gasteiger partial charge is 0.245 e. The zero-order chi connectivity index (χ0) is 19.7. The topological polar surface area (TPSA) is 100 Å². The number of aromatic nitrogens is 4. The Balaban J connectivity index is 1.50. The van der Waals surface area contributed by atoms with Gasteiger partial charge in [0.1, 0.15) is 11.4 Å². The van der Waals surface area contributed by atoms with Crippen LogP contribution in [0.15, 0.2) is 35.0 Å². The molecule has 0 radical (unpaired) electrons. The van der Waals surface area contributed by atoms with E-state index in [1.807, 2.05) is 6.07 Å². The molecule has 0 aliphatic carbocycles. The van der Waals surface area contributed by atoms with Gasteiger partial charge in [0.25, 0.3) is 0 Å². The van der Waals surface area contributed by atoms with Crippen LogP contribution in [0.25, 0.3) is 22.6 Å². The van der Waals surface area contributed by atoms with Crippen LogP contribution in [-0.2, 0) is 0 Å². The van der Waals surface area contributed by atoms with Crippen molar-refractivity contribution in [2.45, 2.75) is 39.3 Å². The van der Waals surface area contributed by atoms with E-state index in [-0.39, 0.29) is 5.75 Å². The number of phenols is 1. The van der Waals surface area contributed by atoms with E-state index in [2.05, 4.69) is 44.2 Å². The quantitative estimate of drug-likeness (QED) is 0.697. The van der Waals surface area contributed by atoms with Crippen LogP contribution in [-0.4, -0.2) is 50.4 Å². The van der Waals surface area contributed by atoms with E-state index < -0.39 is 0 Å². The van der Waals surface area contributed by atoms with Crippen molar-refractivity contribution in [3.8, 4) is 28.3 Å². The maximum Gasteiger partial charge on any atom is 0.245 e. The molecule has 1 aliphatic heterocycles. The van der Waals surface area contributed by atoms with E-state index >= 15 is 0 Å². The van der Waals surface area contributed by atoms with Crippen molar-refractivity contribution in [3.05, 3.63) is 36.5 Å². The number of aromatic hydroxyl groups is 1. The lowest BCUT2D eigenvalue weighted by atomic mass is 10.1. The van der Waals surface area contributed by atoms with Crippen molar-refractivity contribution in [3.63, 3.8) is 0 Å². The van der Waals surface area contributed by atoms with E-state index in [9.17, 15) is 5.11 Å². The zero-order valence-corrected chi connectivity index (χ0v) is 16.3. The number of phenolic OH excluding ortho intramolecular Hbond substituents is 1. The van der Waals surface area contributed by atoms with Crippen molar-refractivity contribution in [1.29, 1.82) is 0 Å². The maximum absolute atomic E-state index is 10.4. The molecule has 28 heavy (non-hydrogen) atoms. The number of nitrogens with zero attached hydrogens (tertiary/aromatic N) is 5. The molecule has 1 unspecified atom stereocenters. The largest absolute Gasteiger partial charge is 0.507 e. The molecule has 1 fully saturated rings. The van der Waals surface area contributed by atoms with Gasteiger partial charge in [0.2, 0.25) is 5.95 Å². The average Bonchev–Trinajstić information content (AvgIpc) is 3.30. The van der Waals surface area contributed by atoms with Gasteiger partial charge in [-0.3, -0.25) is 0 Å². The molecule has 0 saturated carbocycles. The lowest BCUT2D eigenvalue weighted by Gasteiger charge is -2.18. The molecule has 1 aliphatic rings. The van der Waals surface area contributed by atoms with Crippen LogP contribution in [0.3, 0.4) is 0 Å². The van der Waals surface area contributed by atoms with Crippen LogP contribution in [0.2, 0.25) is 0 Å². The Morgan fingerprint density at radius 3 is 2.71 bits per heavy atom. The van der Waals surface area contributed by atoms with Crippen LogP contribution in [0.4, 0.5) is 5.95 Å². The summed E-state index contributed by atoms with van der Waals surface area (Å²) in [5, 5.41) is 22.5. The van der Waals surface area contributed by atoms with Crippen molar-refractivity contribution in [2.24, 2.45) is 0 Å². The number of nitrogens with one attached hydrogen (secondary N) is 1. The first-order valence-electron chi connectivity index (χ1n) is 9.46. The SMILES string of the molecule is Cc1ncc(-c2ccc(-c3cnc(N4CCC(NC(C)C)C4)nn3)c(O)c2)o1. The van der Waals surface area contributed by atoms with Crippen LogP contribution < -0.4 is 10.2 Å². The summed E-state index contributed by atoms with van der Waals surface area (Å²) in [6.45, 7) is 7.85. The fourth-order valence-electron chi connectivity index (χ4n) is 3.48. The van der Waals surface area contributed by atoms with Gasteiger partial charge >= 0.3 is 0 Å². The summed E-state index contributed by atoms with van der Waals surface area (Å²) in [5.74, 6) is 1.90. The summed E-state index contributed by atoms with van der Waals surface area (Å²) in [6.07, 6.45) is 4.35. The molecule has 0 amide bonds. The fourth-order valence-corrected chi connectivity index (χ4v) is 3.48. The molecule has 1 atom stereocenters. The third-order valence-corrected chi connectivity index (χ3v) is 4.77. The predicted octanol–water partition coefficient (Wildman–Crippen LogP) is 2.78. The minimum atomic E-state index is 0.0952. The van der Waals surface area contributed by atoms with Gasteiger partial charge in [-0.1, -0.05) is 19.9 Å². The van der Waals surface area contributed by atoms with Crippen molar-refractivity contribution < 1.29 is 9.52 Å². The zero-order valence-electron chi connectivity index (χ0n) is 16.3. The van der Waals surface area contributed by atoms with Gasteiger partial charge in [0.05, 0.1) is 12.4 Å². The van der Waals surface area contributed by atoms with Crippen LogP contribution >= 0.6 is 0 Å². The monoisotopic (exact) mass is 380 g/mol. The number of rotatable bonds is 5. The number of hydrogen-bond donors (Lipinski definition) is 2. The molecule has 1 saturated heterocycles. The van der Waals surface area contributed by atoms with Gasteiger partial charge in [-0.05, 0) is 18.6 Å². The van der Waals surface area contributed by atoms with Crippen LogP contribution in [0, 0.1) is 6.92 Å². The second-order valence-corrected chi connectivity index (χ2v) is 7.37. The number of aryl methyl sites for hydroxylation is 1. The lowest BCUT2D eigenvalue weighted by molar-refractivity contribution is 0.476. The molecule has 2 N–H and O–H groups in total. The van der Waals surface area contributed by atoms with Crippen molar-refractivity contribution in [1.82, 2.24) is 25.5 Å². The minimum Gasteiger partial charge on any atom is -0.507 e. The normalized spacial score (nSPS) is 16.9. The van der Waals surface area contributed by atoms with E-state index in [0.717, 1.165) is 25.1 Å². The third-order valence-electron chi connectivity index (χ3n) is 4.77. The number of anilines is 1. The molecule has 0 spiro atoms. The average molecular weight is 380 g/mol. The Bertz CT molecular complexity index is 954. The van der Waals surface area contributed by atoms with Gasteiger partial charge in [0, 0.05) is 43.2 Å². The second kappa shape index (κ2) is 7.55. The molecule has 8 nitrogen and oxygen atoms in total. The van der Waals surface area contributed by atoms with Crippen molar-refractivity contribution in [2.75, 3.05) is 18.0 Å². The van der Waals surface area contributed by atoms with Gasteiger partial charge in [-0.15, -0.1) is 10.2 Å². The summed E-state index contributed by atoms with van der Waals surface area (Å²) in [4.78, 5) is 10.7. The minimum absolute atomic E-state index is 0.0952. The molecule has 1 aromatic carbocycles. The summed E-state index contributed by atoms with van der Waals surface area (Å²) < 4.78 is 5.50. The fraction of sp³-hybridized carbons (Fsp3) is 0.400. The van der Waals surface area contributed by atoms with Gasteiger partial charge in [0.15, 0.2) is 11.7 Å². The highest BCUT2D eigenvalue weighted by atomic mass is 16.4. The van der Waals surface area contributed by atoms with E-state index in [4.69, 9.17) is 4.42 Å². The number of oxazole rings is 1. The molecular formula is C20H24N6O2. The van der Waals surface area contributed by atoms with E-state index in [0.29, 0.717) is 40.9 Å². The predicted molar refractivity (Wildman–Crippen MR) is 106 cm³/mol. The molecule has 4 rings (SSSR count). The first-order chi connectivity index (χ1) is 13.5. The molecule has 3 aromatic rings. The number of hydrogen-bond acceptors (Lipinski definition) is 8. The van der Waals surface area contributed by atoms with Crippen LogP contribution in [0.1, 0.15) is 26.2 Å². The molecule has 146 valence electrons. The molecule has 8 heteroatoms. The first-order valence-corrected chi connectivity index (χ1v) is 9.46. The van der Waals surface area contributed by atoms with Crippen LogP contribution in [0.5, 0.6) is 5.75 Å². The van der Waals surface area contributed by atoms with E-state index in [1.165, 1.54) is 0 Å². The van der Waals surface area contributed by atoms with Gasteiger partial charge < -0.3 is 19.7 Å². The van der Waals surface area contributed by atoms with Gasteiger partial charge in [-0.2, -0.15) is 0 Å². The summed E-state index contributed by atoms with van der Waals surface area (Å²) in [5.41, 5.74) is 1.85. The Morgan fingerprint density at radius 2 is 2.07 bits per heavy atom. The molecule has 3 heterocycles. The highest BCUT2D eigenvalue weighted by Gasteiger charge is 2.25. The summed E-state index contributed by atoms with van der Waals surface area (Å²) in [7, 11) is 0. The maximum atomic E-state index is 10.4. The Morgan fingerprint density at radius 1 is 1.21 bits per heavy atom. The van der Waals surface area contributed by atoms with E-state index in [1.54, 1.807) is 31.5 Å². The summed E-state index contributed by atoms with van der Waals surface area (Å²) >= 11 is 0. The molecule has 0 bridgehead atoms.